The van der Waals surface area contributed by atoms with Gasteiger partial charge in [-0.05, 0) is 37.6 Å². The van der Waals surface area contributed by atoms with Crippen molar-refractivity contribution in [1.29, 1.82) is 5.26 Å². The number of halogens is 1. The third kappa shape index (κ3) is 2.78. The maximum absolute atomic E-state index is 13.1. The van der Waals surface area contributed by atoms with Gasteiger partial charge in [0.15, 0.2) is 0 Å². The van der Waals surface area contributed by atoms with E-state index in [-0.39, 0.29) is 0 Å². The summed E-state index contributed by atoms with van der Waals surface area (Å²) in [4.78, 5) is 8.70. The Bertz CT molecular complexity index is 897. The molecular weight excluding hydrogens is 301 g/mol. The van der Waals surface area contributed by atoms with Gasteiger partial charge in [-0.2, -0.15) is 10.2 Å². The molecule has 3 rings (SSSR count). The SMILES string of the molecule is Cc1cc(C)n2nc(SCc3ccc(F)cc3C#N)nc2n1. The third-order valence-electron chi connectivity index (χ3n) is 3.15. The van der Waals surface area contributed by atoms with Crippen molar-refractivity contribution in [2.75, 3.05) is 0 Å². The Morgan fingerprint density at radius 1 is 1.27 bits per heavy atom. The lowest BCUT2D eigenvalue weighted by Crippen LogP contribution is -1.97. The molecule has 0 bridgehead atoms. The van der Waals surface area contributed by atoms with E-state index in [0.717, 1.165) is 17.0 Å². The van der Waals surface area contributed by atoms with Gasteiger partial charge in [0, 0.05) is 17.1 Å². The molecule has 0 radical (unpaired) electrons. The minimum Gasteiger partial charge on any atom is -0.216 e. The number of hydrogen-bond acceptors (Lipinski definition) is 5. The van der Waals surface area contributed by atoms with Gasteiger partial charge < -0.3 is 0 Å². The third-order valence-corrected chi connectivity index (χ3v) is 4.03. The number of aromatic nitrogens is 4. The highest BCUT2D eigenvalue weighted by molar-refractivity contribution is 7.98. The van der Waals surface area contributed by atoms with E-state index in [4.69, 9.17) is 5.26 Å². The van der Waals surface area contributed by atoms with Crippen molar-refractivity contribution in [3.63, 3.8) is 0 Å². The summed E-state index contributed by atoms with van der Waals surface area (Å²) in [6.07, 6.45) is 0. The van der Waals surface area contributed by atoms with E-state index in [1.807, 2.05) is 26.0 Å². The Labute approximate surface area is 130 Å². The summed E-state index contributed by atoms with van der Waals surface area (Å²) in [5, 5.41) is 14.0. The smallest absolute Gasteiger partial charge is 0.216 e. The van der Waals surface area contributed by atoms with Crippen LogP contribution >= 0.6 is 11.8 Å². The van der Waals surface area contributed by atoms with Crippen molar-refractivity contribution in [1.82, 2.24) is 19.6 Å². The second-order valence-corrected chi connectivity index (χ2v) is 5.79. The van der Waals surface area contributed by atoms with Crippen LogP contribution in [0.2, 0.25) is 0 Å². The van der Waals surface area contributed by atoms with E-state index >= 15 is 0 Å². The Balaban J connectivity index is 1.86. The van der Waals surface area contributed by atoms with Crippen molar-refractivity contribution in [3.05, 3.63) is 52.6 Å². The summed E-state index contributed by atoms with van der Waals surface area (Å²) in [7, 11) is 0. The van der Waals surface area contributed by atoms with Gasteiger partial charge in [0.2, 0.25) is 5.16 Å². The van der Waals surface area contributed by atoms with Gasteiger partial charge in [0.1, 0.15) is 5.82 Å². The van der Waals surface area contributed by atoms with Gasteiger partial charge in [-0.15, -0.1) is 5.10 Å². The molecule has 0 aliphatic carbocycles. The Morgan fingerprint density at radius 2 is 2.09 bits per heavy atom. The lowest BCUT2D eigenvalue weighted by Gasteiger charge is -2.01. The number of rotatable bonds is 3. The first-order chi connectivity index (χ1) is 10.6. The molecule has 0 N–H and O–H groups in total. The van der Waals surface area contributed by atoms with Crippen LogP contribution in [0.5, 0.6) is 0 Å². The van der Waals surface area contributed by atoms with Gasteiger partial charge in [-0.3, -0.25) is 0 Å². The van der Waals surface area contributed by atoms with E-state index in [1.54, 1.807) is 10.6 Å². The van der Waals surface area contributed by atoms with Gasteiger partial charge in [-0.25, -0.2) is 13.9 Å². The van der Waals surface area contributed by atoms with Crippen molar-refractivity contribution in [2.45, 2.75) is 24.8 Å². The summed E-state index contributed by atoms with van der Waals surface area (Å²) in [6, 6.07) is 8.14. The van der Waals surface area contributed by atoms with E-state index in [0.29, 0.717) is 22.3 Å². The lowest BCUT2D eigenvalue weighted by molar-refractivity contribution is 0.627. The molecule has 7 heteroatoms. The molecule has 2 heterocycles. The molecule has 110 valence electrons. The summed E-state index contributed by atoms with van der Waals surface area (Å²) >= 11 is 1.39. The van der Waals surface area contributed by atoms with E-state index in [1.165, 1.54) is 23.9 Å². The predicted molar refractivity (Wildman–Crippen MR) is 80.9 cm³/mol. The molecule has 0 unspecified atom stereocenters. The second kappa shape index (κ2) is 5.73. The summed E-state index contributed by atoms with van der Waals surface area (Å²) < 4.78 is 14.8. The minimum atomic E-state index is -0.411. The average molecular weight is 313 g/mol. The number of benzene rings is 1. The minimum absolute atomic E-state index is 0.335. The van der Waals surface area contributed by atoms with Gasteiger partial charge >= 0.3 is 0 Å². The number of thioether (sulfide) groups is 1. The molecule has 0 saturated heterocycles. The molecule has 1 aromatic carbocycles. The normalized spacial score (nSPS) is 10.8. The summed E-state index contributed by atoms with van der Waals surface area (Å²) in [5.74, 6) is 0.643. The van der Waals surface area contributed by atoms with Crippen molar-refractivity contribution in [3.8, 4) is 6.07 Å². The Kier molecular flexibility index (Phi) is 3.77. The molecule has 2 aromatic heterocycles. The zero-order valence-corrected chi connectivity index (χ0v) is 12.9. The van der Waals surface area contributed by atoms with Crippen LogP contribution in [0.1, 0.15) is 22.5 Å². The molecule has 0 aliphatic heterocycles. The fourth-order valence-electron chi connectivity index (χ4n) is 2.13. The first kappa shape index (κ1) is 14.5. The zero-order chi connectivity index (χ0) is 15.7. The monoisotopic (exact) mass is 313 g/mol. The number of nitrogens with zero attached hydrogens (tertiary/aromatic N) is 5. The summed E-state index contributed by atoms with van der Waals surface area (Å²) in [6.45, 7) is 3.85. The lowest BCUT2D eigenvalue weighted by atomic mass is 10.1. The molecule has 22 heavy (non-hydrogen) atoms. The van der Waals surface area contributed by atoms with E-state index in [2.05, 4.69) is 15.1 Å². The fraction of sp³-hybridized carbons (Fsp3) is 0.200. The fourth-order valence-corrected chi connectivity index (χ4v) is 2.95. The first-order valence-corrected chi connectivity index (χ1v) is 7.58. The highest BCUT2D eigenvalue weighted by atomic mass is 32.2. The van der Waals surface area contributed by atoms with Crippen LogP contribution in [0.25, 0.3) is 5.78 Å². The van der Waals surface area contributed by atoms with Crippen molar-refractivity contribution in [2.24, 2.45) is 0 Å². The number of aryl methyl sites for hydroxylation is 2. The average Bonchev–Trinajstić information content (AvgIpc) is 2.89. The predicted octanol–water partition coefficient (Wildman–Crippen LogP) is 3.04. The zero-order valence-electron chi connectivity index (χ0n) is 12.0. The quantitative estimate of drug-likeness (QED) is 0.695. The number of nitriles is 1. The van der Waals surface area contributed by atoms with E-state index < -0.39 is 5.82 Å². The molecular formula is C15H12FN5S. The molecule has 0 saturated carbocycles. The largest absolute Gasteiger partial charge is 0.253 e. The topological polar surface area (TPSA) is 66.9 Å². The standard InChI is InChI=1S/C15H12FN5S/c1-9-5-10(2)21-14(18-9)19-15(20-21)22-8-11-3-4-13(16)6-12(11)7-17/h3-6H,8H2,1-2H3. The van der Waals surface area contributed by atoms with Gasteiger partial charge in [0.05, 0.1) is 11.6 Å². The van der Waals surface area contributed by atoms with Crippen molar-refractivity contribution >= 4 is 17.5 Å². The van der Waals surface area contributed by atoms with Crippen LogP contribution in [0.15, 0.2) is 29.4 Å². The van der Waals surface area contributed by atoms with Crippen LogP contribution in [0.4, 0.5) is 4.39 Å². The molecule has 0 amide bonds. The van der Waals surface area contributed by atoms with E-state index in [9.17, 15) is 4.39 Å². The molecule has 3 aromatic rings. The highest BCUT2D eigenvalue weighted by Crippen LogP contribution is 2.23. The highest BCUT2D eigenvalue weighted by Gasteiger charge is 2.10. The number of fused-ring (bicyclic) bond motifs is 1. The van der Waals surface area contributed by atoms with Gasteiger partial charge in [0.25, 0.3) is 5.78 Å². The molecule has 0 fully saturated rings. The molecule has 0 aliphatic rings. The van der Waals surface area contributed by atoms with Crippen LogP contribution in [0.3, 0.4) is 0 Å². The van der Waals surface area contributed by atoms with Crippen LogP contribution in [0, 0.1) is 31.0 Å². The number of hydrogen-bond donors (Lipinski definition) is 0. The maximum atomic E-state index is 13.1. The molecule has 5 nitrogen and oxygen atoms in total. The van der Waals surface area contributed by atoms with Crippen LogP contribution < -0.4 is 0 Å². The first-order valence-electron chi connectivity index (χ1n) is 6.59. The van der Waals surface area contributed by atoms with Crippen molar-refractivity contribution < 1.29 is 4.39 Å². The van der Waals surface area contributed by atoms with Gasteiger partial charge in [-0.1, -0.05) is 17.8 Å². The van der Waals surface area contributed by atoms with Crippen LogP contribution in [-0.2, 0) is 5.75 Å². The van der Waals surface area contributed by atoms with Crippen LogP contribution in [-0.4, -0.2) is 19.6 Å². The maximum Gasteiger partial charge on any atom is 0.253 e. The second-order valence-electron chi connectivity index (χ2n) is 4.85. The summed E-state index contributed by atoms with van der Waals surface area (Å²) in [5.41, 5.74) is 2.94. The molecule has 0 atom stereocenters. The Morgan fingerprint density at radius 3 is 2.86 bits per heavy atom. The Hall–Kier alpha value is -2.46. The molecule has 0 spiro atoms.